The average molecular weight is 240 g/mol. The lowest BCUT2D eigenvalue weighted by molar-refractivity contribution is -0.340. The molecule has 0 atom stereocenters. The van der Waals surface area contributed by atoms with E-state index >= 15 is 0 Å². The van der Waals surface area contributed by atoms with Crippen molar-refractivity contribution in [3.63, 3.8) is 0 Å². The predicted molar refractivity (Wildman–Crippen MR) is 58.9 cm³/mol. The highest BCUT2D eigenvalue weighted by Gasteiger charge is 2.20. The lowest BCUT2D eigenvalue weighted by atomic mass is 10.6. The lowest BCUT2D eigenvalue weighted by Gasteiger charge is -2.23. The maximum atomic E-state index is 4.79. The van der Waals surface area contributed by atoms with Gasteiger partial charge in [-0.2, -0.15) is 0 Å². The van der Waals surface area contributed by atoms with Gasteiger partial charge in [0.1, 0.15) is 0 Å². The van der Waals surface area contributed by atoms with Gasteiger partial charge in [0.25, 0.3) is 11.9 Å². The van der Waals surface area contributed by atoms with Gasteiger partial charge >= 0.3 is 0 Å². The Balaban J connectivity index is 0. The third-order valence-corrected chi connectivity index (χ3v) is 2.22. The van der Waals surface area contributed by atoms with Gasteiger partial charge < -0.3 is 28.4 Å². The molecule has 0 amide bonds. The standard InChI is InChI=1S/2C5H12O3/c2*1-5(6-2,7-3)8-4/h2*1-4H3. The third kappa shape index (κ3) is 7.10. The van der Waals surface area contributed by atoms with Gasteiger partial charge in [0.15, 0.2) is 0 Å². The van der Waals surface area contributed by atoms with Crippen molar-refractivity contribution >= 4 is 0 Å². The van der Waals surface area contributed by atoms with Crippen molar-refractivity contribution in [2.45, 2.75) is 25.8 Å². The normalized spacial score (nSPS) is 12.0. The van der Waals surface area contributed by atoms with E-state index in [9.17, 15) is 0 Å². The molecule has 6 heteroatoms. The lowest BCUT2D eigenvalue weighted by Crippen LogP contribution is -2.31. The Hall–Kier alpha value is -0.240. The summed E-state index contributed by atoms with van der Waals surface area (Å²) in [7, 11) is 9.12. The van der Waals surface area contributed by atoms with Crippen LogP contribution in [0.3, 0.4) is 0 Å². The van der Waals surface area contributed by atoms with Crippen molar-refractivity contribution < 1.29 is 28.4 Å². The first-order valence-electron chi connectivity index (χ1n) is 4.67. The molecule has 0 aliphatic rings. The molecule has 0 rings (SSSR count). The predicted octanol–water partition coefficient (Wildman–Crippen LogP) is 1.20. The Morgan fingerprint density at radius 3 is 0.562 bits per heavy atom. The second-order valence-electron chi connectivity index (χ2n) is 2.95. The summed E-state index contributed by atoms with van der Waals surface area (Å²) < 4.78 is 28.7. The first-order chi connectivity index (χ1) is 7.36. The van der Waals surface area contributed by atoms with Crippen LogP contribution >= 0.6 is 0 Å². The fourth-order valence-electron chi connectivity index (χ4n) is 0.500. The molecule has 0 fully saturated rings. The number of rotatable bonds is 6. The molecule has 0 aliphatic carbocycles. The molecule has 16 heavy (non-hydrogen) atoms. The van der Waals surface area contributed by atoms with Crippen molar-refractivity contribution in [2.75, 3.05) is 42.7 Å². The molecule has 6 nitrogen and oxygen atoms in total. The van der Waals surface area contributed by atoms with Crippen LogP contribution < -0.4 is 0 Å². The molecule has 0 bridgehead atoms. The molecule has 0 spiro atoms. The fraction of sp³-hybridized carbons (Fsp3) is 1.00. The highest BCUT2D eigenvalue weighted by molar-refractivity contribution is 4.39. The first kappa shape index (κ1) is 18.1. The Bertz CT molecular complexity index is 119. The van der Waals surface area contributed by atoms with E-state index in [0.29, 0.717) is 0 Å². The summed E-state index contributed by atoms with van der Waals surface area (Å²) in [6, 6.07) is 0. The van der Waals surface area contributed by atoms with Crippen LogP contribution in [0.15, 0.2) is 0 Å². The minimum Gasteiger partial charge on any atom is -0.331 e. The summed E-state index contributed by atoms with van der Waals surface area (Å²) in [5.41, 5.74) is 0. The minimum absolute atomic E-state index is 0.875. The van der Waals surface area contributed by atoms with Crippen molar-refractivity contribution in [1.82, 2.24) is 0 Å². The van der Waals surface area contributed by atoms with Gasteiger partial charge in [-0.05, 0) is 0 Å². The maximum absolute atomic E-state index is 4.79. The van der Waals surface area contributed by atoms with Gasteiger partial charge in [-0.3, -0.25) is 0 Å². The van der Waals surface area contributed by atoms with Crippen LogP contribution in [-0.2, 0) is 28.4 Å². The molecular formula is C10H24O6. The molecule has 100 valence electrons. The van der Waals surface area contributed by atoms with E-state index in [1.807, 2.05) is 0 Å². The van der Waals surface area contributed by atoms with Crippen molar-refractivity contribution in [1.29, 1.82) is 0 Å². The summed E-state index contributed by atoms with van der Waals surface area (Å²) in [5.74, 6) is -1.75. The second kappa shape index (κ2) is 8.86. The topological polar surface area (TPSA) is 55.4 Å². The van der Waals surface area contributed by atoms with Crippen LogP contribution in [0.4, 0.5) is 0 Å². The van der Waals surface area contributed by atoms with E-state index in [0.717, 1.165) is 0 Å². The molecule has 0 aromatic rings. The van der Waals surface area contributed by atoms with Gasteiger partial charge in [-0.15, -0.1) is 0 Å². The molecule has 0 heterocycles. The van der Waals surface area contributed by atoms with Crippen molar-refractivity contribution in [3.8, 4) is 0 Å². The molecule has 0 saturated carbocycles. The molecular weight excluding hydrogens is 216 g/mol. The Morgan fingerprint density at radius 2 is 0.562 bits per heavy atom. The quantitative estimate of drug-likeness (QED) is 0.650. The maximum Gasteiger partial charge on any atom is 0.279 e. The van der Waals surface area contributed by atoms with Crippen LogP contribution in [0.1, 0.15) is 13.8 Å². The Kier molecular flexibility index (Phi) is 10.0. The first-order valence-corrected chi connectivity index (χ1v) is 4.67. The van der Waals surface area contributed by atoms with Crippen LogP contribution in [0.5, 0.6) is 0 Å². The number of hydrogen-bond donors (Lipinski definition) is 0. The van der Waals surface area contributed by atoms with E-state index in [1.165, 1.54) is 42.7 Å². The smallest absolute Gasteiger partial charge is 0.279 e. The SMILES string of the molecule is COC(C)(OC)OC.COC(C)(OC)OC. The second-order valence-corrected chi connectivity index (χ2v) is 2.95. The number of methoxy groups -OCH3 is 6. The number of ether oxygens (including phenoxy) is 6. The molecule has 0 unspecified atom stereocenters. The Morgan fingerprint density at radius 1 is 0.438 bits per heavy atom. The molecule has 0 radical (unpaired) electrons. The van der Waals surface area contributed by atoms with Crippen LogP contribution in [0.25, 0.3) is 0 Å². The largest absolute Gasteiger partial charge is 0.331 e. The molecule has 0 aromatic heterocycles. The van der Waals surface area contributed by atoms with Gasteiger partial charge in [-0.25, -0.2) is 0 Å². The third-order valence-electron chi connectivity index (χ3n) is 2.22. The highest BCUT2D eigenvalue weighted by Crippen LogP contribution is 2.08. The summed E-state index contributed by atoms with van der Waals surface area (Å²) in [6.45, 7) is 3.38. The van der Waals surface area contributed by atoms with E-state index in [2.05, 4.69) is 0 Å². The van der Waals surface area contributed by atoms with Crippen LogP contribution in [0.2, 0.25) is 0 Å². The Labute approximate surface area is 97.7 Å². The fourth-order valence-corrected chi connectivity index (χ4v) is 0.500. The van der Waals surface area contributed by atoms with E-state index in [-0.39, 0.29) is 0 Å². The summed E-state index contributed by atoms with van der Waals surface area (Å²) in [6.07, 6.45) is 0. The van der Waals surface area contributed by atoms with E-state index in [4.69, 9.17) is 28.4 Å². The highest BCUT2D eigenvalue weighted by atomic mass is 16.9. The van der Waals surface area contributed by atoms with Gasteiger partial charge in [-0.1, -0.05) is 0 Å². The molecule has 0 aromatic carbocycles. The minimum atomic E-state index is -0.875. The van der Waals surface area contributed by atoms with E-state index < -0.39 is 11.9 Å². The van der Waals surface area contributed by atoms with E-state index in [1.54, 1.807) is 13.8 Å². The molecule has 0 aliphatic heterocycles. The zero-order valence-electron chi connectivity index (χ0n) is 11.4. The zero-order valence-corrected chi connectivity index (χ0v) is 11.4. The molecule has 0 saturated heterocycles. The monoisotopic (exact) mass is 240 g/mol. The van der Waals surface area contributed by atoms with Gasteiger partial charge in [0, 0.05) is 56.5 Å². The number of hydrogen-bond acceptors (Lipinski definition) is 6. The molecule has 0 N–H and O–H groups in total. The van der Waals surface area contributed by atoms with Crippen molar-refractivity contribution in [3.05, 3.63) is 0 Å². The van der Waals surface area contributed by atoms with Crippen LogP contribution in [0, 0.1) is 0 Å². The van der Waals surface area contributed by atoms with Crippen LogP contribution in [-0.4, -0.2) is 54.6 Å². The summed E-state index contributed by atoms with van der Waals surface area (Å²) in [4.78, 5) is 0. The summed E-state index contributed by atoms with van der Waals surface area (Å²) >= 11 is 0. The van der Waals surface area contributed by atoms with Gasteiger partial charge in [0.2, 0.25) is 0 Å². The average Bonchev–Trinajstić information content (AvgIpc) is 2.37. The zero-order chi connectivity index (χ0) is 13.2. The van der Waals surface area contributed by atoms with Gasteiger partial charge in [0.05, 0.1) is 0 Å². The van der Waals surface area contributed by atoms with Crippen molar-refractivity contribution in [2.24, 2.45) is 0 Å². The summed E-state index contributed by atoms with van der Waals surface area (Å²) in [5, 5.41) is 0.